The minimum atomic E-state index is -1.29. The highest BCUT2D eigenvalue weighted by molar-refractivity contribution is 5.84. The van der Waals surface area contributed by atoms with Gasteiger partial charge in [-0.1, -0.05) is 60.7 Å². The minimum Gasteiger partial charge on any atom is -0.387 e. The van der Waals surface area contributed by atoms with Crippen molar-refractivity contribution in [2.75, 3.05) is 17.2 Å². The van der Waals surface area contributed by atoms with E-state index in [1.165, 1.54) is 12.7 Å². The predicted octanol–water partition coefficient (Wildman–Crippen LogP) is 2.66. The number of nitrogens with zero attached hydrogens (tertiary/aromatic N) is 8. The number of anilines is 3. The number of aryl methyl sites for hydroxylation is 1. The van der Waals surface area contributed by atoms with E-state index in [4.69, 9.17) is 14.7 Å². The Balaban J connectivity index is 1.26. The van der Waals surface area contributed by atoms with Gasteiger partial charge in [-0.15, -0.1) is 0 Å². The van der Waals surface area contributed by atoms with Crippen molar-refractivity contribution in [2.45, 2.75) is 30.5 Å². The van der Waals surface area contributed by atoms with Crippen LogP contribution in [0, 0.1) is 0 Å². The molecule has 0 amide bonds. The number of imidazole rings is 2. The summed E-state index contributed by atoms with van der Waals surface area (Å²) in [6.45, 7) is 0.519. The monoisotopic (exact) mass is 579 g/mol. The zero-order valence-electron chi connectivity index (χ0n) is 23.1. The van der Waals surface area contributed by atoms with Crippen molar-refractivity contribution in [3.63, 3.8) is 0 Å². The van der Waals surface area contributed by atoms with E-state index in [1.807, 2.05) is 48.0 Å². The summed E-state index contributed by atoms with van der Waals surface area (Å²) in [5, 5.41) is 35.0. The number of aromatic amines is 1. The van der Waals surface area contributed by atoms with Crippen LogP contribution in [-0.4, -0.2) is 73.2 Å². The Morgan fingerprint density at radius 3 is 2.33 bits per heavy atom. The maximum absolute atomic E-state index is 11.0. The summed E-state index contributed by atoms with van der Waals surface area (Å²) in [7, 11) is 1.87. The predicted molar refractivity (Wildman–Crippen MR) is 156 cm³/mol. The molecule has 1 saturated heterocycles. The highest BCUT2D eigenvalue weighted by Gasteiger charge is 2.46. The van der Waals surface area contributed by atoms with E-state index in [0.717, 1.165) is 11.1 Å². The molecule has 6 aromatic rings. The number of nitrogens with one attached hydrogen (secondary N) is 3. The largest absolute Gasteiger partial charge is 0.387 e. The Bertz CT molecular complexity index is 1770. The van der Waals surface area contributed by atoms with E-state index >= 15 is 0 Å². The normalized spacial score (nSPS) is 20.2. The molecule has 7 rings (SSSR count). The van der Waals surface area contributed by atoms with E-state index in [0.29, 0.717) is 35.2 Å². The van der Waals surface area contributed by atoms with Crippen LogP contribution in [-0.2, 0) is 11.8 Å². The topological polar surface area (TPSA) is 177 Å². The maximum atomic E-state index is 11.0. The third kappa shape index (κ3) is 5.18. The first-order valence-corrected chi connectivity index (χ1v) is 13.8. The summed E-state index contributed by atoms with van der Waals surface area (Å²) in [6, 6.07) is 20.5. The van der Waals surface area contributed by atoms with E-state index < -0.39 is 24.5 Å². The molecule has 218 valence electrons. The van der Waals surface area contributed by atoms with E-state index in [9.17, 15) is 10.2 Å². The molecular formula is C29H29N11O3. The van der Waals surface area contributed by atoms with Gasteiger partial charge in [0.25, 0.3) is 0 Å². The molecule has 14 heteroatoms. The van der Waals surface area contributed by atoms with Gasteiger partial charge in [-0.05, 0) is 11.1 Å². The second-order valence-corrected chi connectivity index (χ2v) is 10.3. The van der Waals surface area contributed by atoms with Crippen molar-refractivity contribution in [1.82, 2.24) is 44.3 Å². The summed E-state index contributed by atoms with van der Waals surface area (Å²) in [5.74, 6) is 1.65. The molecule has 0 spiro atoms. The van der Waals surface area contributed by atoms with Gasteiger partial charge in [-0.2, -0.15) is 15.1 Å². The van der Waals surface area contributed by atoms with Crippen LogP contribution < -0.4 is 10.6 Å². The van der Waals surface area contributed by atoms with E-state index in [1.54, 1.807) is 17.1 Å². The number of aliphatic hydroxyl groups is 2. The van der Waals surface area contributed by atoms with Crippen LogP contribution >= 0.6 is 0 Å². The number of ether oxygens (including phenoxy) is 1. The average molecular weight is 580 g/mol. The Morgan fingerprint density at radius 2 is 1.67 bits per heavy atom. The van der Waals surface area contributed by atoms with Gasteiger partial charge in [-0.3, -0.25) is 9.67 Å². The molecule has 0 bridgehead atoms. The first kappa shape index (κ1) is 26.7. The third-order valence-corrected chi connectivity index (χ3v) is 7.46. The molecule has 0 radical (unpaired) electrons. The van der Waals surface area contributed by atoms with Gasteiger partial charge in [0.05, 0.1) is 12.7 Å². The Labute approximate surface area is 245 Å². The molecule has 1 aliphatic heterocycles. The Kier molecular flexibility index (Phi) is 6.98. The Hall–Kier alpha value is -5.18. The lowest BCUT2D eigenvalue weighted by atomic mass is 9.91. The SMILES string of the molecule is Cn1cnc(Nc2nc(NCC(c3ccccc3)c3ccccc3)c3ncn([C@@H]4OC(c5ncn[nH]5)[C@@H](O)[C@H]4O)c3n2)c1. The lowest BCUT2D eigenvalue weighted by Crippen LogP contribution is -2.29. The molecular weight excluding hydrogens is 550 g/mol. The lowest BCUT2D eigenvalue weighted by molar-refractivity contribution is -0.0382. The van der Waals surface area contributed by atoms with Crippen LogP contribution in [0.15, 0.2) is 85.8 Å². The highest BCUT2D eigenvalue weighted by Crippen LogP contribution is 2.39. The number of rotatable bonds is 9. The van der Waals surface area contributed by atoms with Crippen LogP contribution in [0.4, 0.5) is 17.6 Å². The molecule has 1 fully saturated rings. The van der Waals surface area contributed by atoms with Crippen LogP contribution in [0.2, 0.25) is 0 Å². The fourth-order valence-corrected chi connectivity index (χ4v) is 5.34. The third-order valence-electron chi connectivity index (χ3n) is 7.46. The quantitative estimate of drug-likeness (QED) is 0.170. The first-order chi connectivity index (χ1) is 21.0. The van der Waals surface area contributed by atoms with Crippen LogP contribution in [0.1, 0.15) is 35.2 Å². The number of hydrogen-bond donors (Lipinski definition) is 5. The van der Waals surface area contributed by atoms with Crippen molar-refractivity contribution >= 4 is 28.7 Å². The molecule has 0 aliphatic carbocycles. The molecule has 5 N–H and O–H groups in total. The molecule has 5 heterocycles. The summed E-state index contributed by atoms with van der Waals surface area (Å²) in [5.41, 5.74) is 3.17. The number of aromatic nitrogens is 9. The van der Waals surface area contributed by atoms with Gasteiger partial charge in [0.2, 0.25) is 5.95 Å². The van der Waals surface area contributed by atoms with Gasteiger partial charge in [0.1, 0.15) is 24.6 Å². The van der Waals surface area contributed by atoms with Gasteiger partial charge in [0.15, 0.2) is 34.9 Å². The zero-order chi connectivity index (χ0) is 29.3. The number of fused-ring (bicyclic) bond motifs is 1. The molecule has 1 unspecified atom stereocenters. The maximum Gasteiger partial charge on any atom is 0.232 e. The Morgan fingerprint density at radius 1 is 0.930 bits per heavy atom. The summed E-state index contributed by atoms with van der Waals surface area (Å²) in [4.78, 5) is 22.5. The number of aliphatic hydroxyl groups excluding tert-OH is 2. The van der Waals surface area contributed by atoms with Crippen molar-refractivity contribution < 1.29 is 14.9 Å². The molecule has 1 aliphatic rings. The first-order valence-electron chi connectivity index (χ1n) is 13.8. The fourth-order valence-electron chi connectivity index (χ4n) is 5.34. The van der Waals surface area contributed by atoms with Gasteiger partial charge in [0, 0.05) is 25.7 Å². The molecule has 4 aromatic heterocycles. The molecule has 4 atom stereocenters. The van der Waals surface area contributed by atoms with E-state index in [-0.39, 0.29) is 11.9 Å². The molecule has 2 aromatic carbocycles. The fraction of sp³-hybridized carbons (Fsp3) is 0.241. The van der Waals surface area contributed by atoms with Gasteiger partial charge < -0.3 is 30.2 Å². The van der Waals surface area contributed by atoms with Crippen LogP contribution in [0.5, 0.6) is 0 Å². The summed E-state index contributed by atoms with van der Waals surface area (Å²) >= 11 is 0. The summed E-state index contributed by atoms with van der Waals surface area (Å²) in [6.07, 6.45) is 1.86. The van der Waals surface area contributed by atoms with Crippen molar-refractivity contribution in [1.29, 1.82) is 0 Å². The molecule has 14 nitrogen and oxygen atoms in total. The second-order valence-electron chi connectivity index (χ2n) is 10.3. The summed E-state index contributed by atoms with van der Waals surface area (Å²) < 4.78 is 9.46. The standard InChI is InChI=1S/C29H29N11O3/c1-39-13-20(32-15-39)35-29-36-25(30-12-19(17-8-4-2-5-9-17)18-10-6-3-7-11-18)21-27(37-29)40(16-33-21)28-23(42)22(41)24(43-28)26-31-14-34-38-26/h2-11,13-16,19,22-24,28,41-42H,12H2,1H3,(H,31,34,38)(H2,30,35,36,37)/t22-,23+,24?,28+/m0/s1. The number of benzene rings is 2. The highest BCUT2D eigenvalue weighted by atomic mass is 16.6. The van der Waals surface area contributed by atoms with Crippen molar-refractivity contribution in [3.05, 3.63) is 103 Å². The molecule has 0 saturated carbocycles. The second kappa shape index (κ2) is 11.2. The number of H-pyrrole nitrogens is 1. The molecule has 43 heavy (non-hydrogen) atoms. The zero-order valence-corrected chi connectivity index (χ0v) is 23.1. The average Bonchev–Trinajstić information content (AvgIpc) is 3.84. The van der Waals surface area contributed by atoms with Gasteiger partial charge in [-0.25, -0.2) is 15.0 Å². The van der Waals surface area contributed by atoms with Crippen molar-refractivity contribution in [2.24, 2.45) is 7.05 Å². The van der Waals surface area contributed by atoms with Gasteiger partial charge >= 0.3 is 0 Å². The van der Waals surface area contributed by atoms with Crippen LogP contribution in [0.3, 0.4) is 0 Å². The number of hydrogen-bond acceptors (Lipinski definition) is 11. The minimum absolute atomic E-state index is 0.0273. The smallest absolute Gasteiger partial charge is 0.232 e. The van der Waals surface area contributed by atoms with Crippen molar-refractivity contribution in [3.8, 4) is 0 Å². The van der Waals surface area contributed by atoms with E-state index in [2.05, 4.69) is 60.0 Å². The lowest BCUT2D eigenvalue weighted by Gasteiger charge is -2.20. The van der Waals surface area contributed by atoms with Crippen LogP contribution in [0.25, 0.3) is 11.2 Å².